The van der Waals surface area contributed by atoms with E-state index in [-0.39, 0.29) is 60.9 Å². The second-order valence-corrected chi connectivity index (χ2v) is 15.2. The molecule has 0 unspecified atom stereocenters. The molecule has 64 heavy (non-hydrogen) atoms. The maximum absolute atomic E-state index is 14.4. The standard InChI is InChI=1S/C47H49N5O12/c1-27(53)48-38(22-28-2-12-33(54)13-3-28)43(59)49-39(23-29-4-14-34(55)15-5-29)44(60)50-40(24-30-6-16-35(56)17-7-30)45(61)51-41(25-31-8-18-36(57)19-9-31)46(62)52-42(47(63)64)26-32-10-20-37(58)21-11-32/h2-21,38-42,54-58H,22-26H2,1H3,(H,48,53)(H,49,59)(H,50,60)(H,51,61)(H,52,62)(H,63,64)/t38-,39-,40-,41-,42-/m0/s1. The van der Waals surface area contributed by atoms with Gasteiger partial charge < -0.3 is 57.2 Å². The first-order chi connectivity index (χ1) is 30.5. The summed E-state index contributed by atoms with van der Waals surface area (Å²) in [5, 5.41) is 72.4. The number of phenols is 5. The summed E-state index contributed by atoms with van der Waals surface area (Å²) >= 11 is 0. The zero-order valence-corrected chi connectivity index (χ0v) is 34.6. The number of carbonyl (C=O) groups excluding carboxylic acids is 5. The first-order valence-corrected chi connectivity index (χ1v) is 20.1. The minimum atomic E-state index is -1.47. The second-order valence-electron chi connectivity index (χ2n) is 15.2. The maximum Gasteiger partial charge on any atom is 0.326 e. The van der Waals surface area contributed by atoms with Gasteiger partial charge >= 0.3 is 5.97 Å². The molecule has 0 saturated carbocycles. The molecule has 0 bridgehead atoms. The van der Waals surface area contributed by atoms with Crippen LogP contribution in [0.5, 0.6) is 28.7 Å². The van der Waals surface area contributed by atoms with Gasteiger partial charge in [0.25, 0.3) is 0 Å². The number of phenolic OH excluding ortho intramolecular Hbond substituents is 5. The number of nitrogens with one attached hydrogen (secondary N) is 5. The molecule has 0 radical (unpaired) electrons. The van der Waals surface area contributed by atoms with Gasteiger partial charge in [-0.1, -0.05) is 60.7 Å². The van der Waals surface area contributed by atoms with Crippen LogP contribution in [0.15, 0.2) is 121 Å². The largest absolute Gasteiger partial charge is 0.508 e. The van der Waals surface area contributed by atoms with Gasteiger partial charge in [0.2, 0.25) is 29.5 Å². The molecule has 11 N–H and O–H groups in total. The molecule has 334 valence electrons. The Bertz CT molecular complexity index is 2390. The van der Waals surface area contributed by atoms with Crippen LogP contribution in [0, 0.1) is 0 Å². The fraction of sp³-hybridized carbons (Fsp3) is 0.234. The third-order valence-electron chi connectivity index (χ3n) is 10.1. The summed E-state index contributed by atoms with van der Waals surface area (Å²) in [5.74, 6) is -5.55. The number of rotatable bonds is 20. The lowest BCUT2D eigenvalue weighted by atomic mass is 9.99. The number of aliphatic carboxylic acids is 1. The zero-order chi connectivity index (χ0) is 46.3. The average molecular weight is 876 g/mol. The molecule has 0 fully saturated rings. The van der Waals surface area contributed by atoms with E-state index in [1.807, 2.05) is 0 Å². The van der Waals surface area contributed by atoms with E-state index in [0.29, 0.717) is 27.8 Å². The van der Waals surface area contributed by atoms with Gasteiger partial charge in [0.05, 0.1) is 0 Å². The monoisotopic (exact) mass is 875 g/mol. The van der Waals surface area contributed by atoms with Gasteiger partial charge in [0, 0.05) is 39.0 Å². The molecule has 5 aromatic carbocycles. The van der Waals surface area contributed by atoms with Crippen molar-refractivity contribution >= 4 is 35.5 Å². The number of carboxylic acid groups (broad SMARTS) is 1. The summed E-state index contributed by atoms with van der Waals surface area (Å²) in [6.45, 7) is 1.22. The molecule has 17 heteroatoms. The summed E-state index contributed by atoms with van der Waals surface area (Å²) < 4.78 is 0. The molecule has 5 rings (SSSR count). The quantitative estimate of drug-likeness (QED) is 0.0537. The zero-order valence-electron chi connectivity index (χ0n) is 34.6. The van der Waals surface area contributed by atoms with Crippen LogP contribution in [0.1, 0.15) is 34.7 Å². The Balaban J connectivity index is 1.45. The fourth-order valence-electron chi connectivity index (χ4n) is 6.71. The van der Waals surface area contributed by atoms with Crippen LogP contribution >= 0.6 is 0 Å². The minimum absolute atomic E-state index is 0.0109. The fourth-order valence-corrected chi connectivity index (χ4v) is 6.71. The van der Waals surface area contributed by atoms with E-state index in [0.717, 1.165) is 0 Å². The number of amides is 5. The first-order valence-electron chi connectivity index (χ1n) is 20.1. The number of carbonyl (C=O) groups is 6. The van der Waals surface area contributed by atoms with Crippen molar-refractivity contribution in [1.29, 1.82) is 0 Å². The van der Waals surface area contributed by atoms with Crippen LogP contribution in [0.3, 0.4) is 0 Å². The summed E-state index contributed by atoms with van der Waals surface area (Å²) in [5.41, 5.74) is 2.51. The Morgan fingerprint density at radius 3 is 0.734 bits per heavy atom. The number of hydrogen-bond acceptors (Lipinski definition) is 11. The molecule has 0 aromatic heterocycles. The molecule has 0 spiro atoms. The van der Waals surface area contributed by atoms with Gasteiger partial charge in [-0.2, -0.15) is 0 Å². The maximum atomic E-state index is 14.4. The lowest BCUT2D eigenvalue weighted by Gasteiger charge is -2.27. The number of aromatic hydroxyl groups is 5. The van der Waals surface area contributed by atoms with Crippen LogP contribution in [-0.4, -0.2) is 96.4 Å². The van der Waals surface area contributed by atoms with Gasteiger partial charge in [-0.05, 0) is 88.5 Å². The van der Waals surface area contributed by atoms with Gasteiger partial charge in [0.15, 0.2) is 0 Å². The van der Waals surface area contributed by atoms with Crippen molar-refractivity contribution in [1.82, 2.24) is 26.6 Å². The minimum Gasteiger partial charge on any atom is -0.508 e. The number of benzene rings is 5. The van der Waals surface area contributed by atoms with Crippen molar-refractivity contribution in [2.45, 2.75) is 69.2 Å². The molecule has 5 atom stereocenters. The highest BCUT2D eigenvalue weighted by molar-refractivity contribution is 5.96. The Hall–Kier alpha value is -8.08. The summed E-state index contributed by atoms with van der Waals surface area (Å²) in [7, 11) is 0. The number of carboxylic acids is 1. The first kappa shape index (κ1) is 47.0. The van der Waals surface area contributed by atoms with E-state index < -0.39 is 65.7 Å². The topological polar surface area (TPSA) is 284 Å². The normalized spacial score (nSPS) is 13.2. The van der Waals surface area contributed by atoms with Crippen molar-refractivity contribution in [2.75, 3.05) is 0 Å². The Labute approximate surface area is 367 Å². The highest BCUT2D eigenvalue weighted by atomic mass is 16.4. The van der Waals surface area contributed by atoms with Crippen molar-refractivity contribution in [3.05, 3.63) is 149 Å². The van der Waals surface area contributed by atoms with Crippen molar-refractivity contribution in [2.24, 2.45) is 0 Å². The SMILES string of the molecule is CC(=O)N[C@@H](Cc1ccc(O)cc1)C(=O)N[C@@H](Cc1ccc(O)cc1)C(=O)N[C@@H](Cc1ccc(O)cc1)C(=O)N[C@@H](Cc1ccc(O)cc1)C(=O)N[C@@H](Cc1ccc(O)cc1)C(=O)O. The van der Waals surface area contributed by atoms with Gasteiger partial charge in [-0.3, -0.25) is 24.0 Å². The molecule has 0 heterocycles. The third-order valence-corrected chi connectivity index (χ3v) is 10.1. The van der Waals surface area contributed by atoms with E-state index in [1.54, 1.807) is 12.1 Å². The smallest absolute Gasteiger partial charge is 0.326 e. The molecule has 0 aliphatic rings. The lowest BCUT2D eigenvalue weighted by Crippen LogP contribution is -2.60. The van der Waals surface area contributed by atoms with Crippen LogP contribution < -0.4 is 26.6 Å². The summed E-state index contributed by atoms with van der Waals surface area (Å²) in [6.07, 6.45) is -0.728. The van der Waals surface area contributed by atoms with Crippen molar-refractivity contribution < 1.29 is 59.4 Å². The summed E-state index contributed by atoms with van der Waals surface area (Å²) in [4.78, 5) is 81.4. The van der Waals surface area contributed by atoms with Crippen LogP contribution in [0.25, 0.3) is 0 Å². The van der Waals surface area contributed by atoms with E-state index in [4.69, 9.17) is 0 Å². The third kappa shape index (κ3) is 14.5. The number of hydrogen-bond donors (Lipinski definition) is 11. The molecule has 5 aromatic rings. The molecule has 0 aliphatic carbocycles. The molecule has 17 nitrogen and oxygen atoms in total. The highest BCUT2D eigenvalue weighted by Crippen LogP contribution is 2.18. The highest BCUT2D eigenvalue weighted by Gasteiger charge is 2.33. The predicted octanol–water partition coefficient (Wildman–Crippen LogP) is 2.26. The molecular weight excluding hydrogens is 827 g/mol. The molecule has 0 saturated heterocycles. The van der Waals surface area contributed by atoms with Gasteiger partial charge in [0.1, 0.15) is 59.0 Å². The van der Waals surface area contributed by atoms with Gasteiger partial charge in [-0.15, -0.1) is 0 Å². The Morgan fingerprint density at radius 1 is 0.344 bits per heavy atom. The average Bonchev–Trinajstić information content (AvgIpc) is 3.25. The molecule has 0 aliphatic heterocycles. The second kappa shape index (κ2) is 22.1. The molecular formula is C47H49N5O12. The summed E-state index contributed by atoms with van der Waals surface area (Å²) in [6, 6.07) is 22.1. The van der Waals surface area contributed by atoms with Crippen LogP contribution in [0.2, 0.25) is 0 Å². The van der Waals surface area contributed by atoms with E-state index >= 15 is 0 Å². The van der Waals surface area contributed by atoms with Crippen molar-refractivity contribution in [3.63, 3.8) is 0 Å². The Kier molecular flexibility index (Phi) is 16.3. The van der Waals surface area contributed by atoms with E-state index in [1.165, 1.54) is 116 Å². The van der Waals surface area contributed by atoms with E-state index in [2.05, 4.69) is 26.6 Å². The van der Waals surface area contributed by atoms with Crippen molar-refractivity contribution in [3.8, 4) is 28.7 Å². The molecule has 5 amide bonds. The van der Waals surface area contributed by atoms with Crippen LogP contribution in [-0.2, 0) is 60.9 Å². The Morgan fingerprint density at radius 2 is 0.531 bits per heavy atom. The van der Waals surface area contributed by atoms with Crippen LogP contribution in [0.4, 0.5) is 0 Å². The van der Waals surface area contributed by atoms with Gasteiger partial charge in [-0.25, -0.2) is 4.79 Å². The lowest BCUT2D eigenvalue weighted by molar-refractivity contribution is -0.142. The van der Waals surface area contributed by atoms with E-state index in [9.17, 15) is 59.4 Å². The predicted molar refractivity (Wildman–Crippen MR) is 232 cm³/mol.